The first-order valence-electron chi connectivity index (χ1n) is 11.1. The summed E-state index contributed by atoms with van der Waals surface area (Å²) in [6.07, 6.45) is 5.24. The van der Waals surface area contributed by atoms with Crippen molar-refractivity contribution in [1.29, 1.82) is 0 Å². The van der Waals surface area contributed by atoms with Crippen molar-refractivity contribution in [2.24, 2.45) is 0 Å². The molecule has 0 saturated carbocycles. The van der Waals surface area contributed by atoms with E-state index in [4.69, 9.17) is 17.2 Å². The summed E-state index contributed by atoms with van der Waals surface area (Å²) in [6, 6.07) is 5.74. The summed E-state index contributed by atoms with van der Waals surface area (Å²) in [7, 11) is 2.18. The lowest BCUT2D eigenvalue weighted by atomic mass is 10.2. The molecule has 3 heterocycles. The molecule has 4 rings (SSSR count). The molecule has 8 heteroatoms. The lowest BCUT2D eigenvalue weighted by Gasteiger charge is -2.32. The topological polar surface area (TPSA) is 65.4 Å². The third-order valence-corrected chi connectivity index (χ3v) is 6.35. The number of thiocarbonyl (C=S) groups is 1. The molecular weight excluding hydrogens is 396 g/mol. The highest BCUT2D eigenvalue weighted by atomic mass is 32.1. The number of rotatable bonds is 5. The van der Waals surface area contributed by atoms with Gasteiger partial charge in [-0.2, -0.15) is 0 Å². The van der Waals surface area contributed by atoms with E-state index in [2.05, 4.69) is 27.5 Å². The number of piperazine rings is 1. The van der Waals surface area contributed by atoms with Crippen molar-refractivity contribution in [2.75, 3.05) is 51.6 Å². The van der Waals surface area contributed by atoms with Crippen LogP contribution in [-0.2, 0) is 13.0 Å². The molecule has 0 aliphatic carbocycles. The highest BCUT2D eigenvalue weighted by molar-refractivity contribution is 7.80. The van der Waals surface area contributed by atoms with Crippen LogP contribution >= 0.6 is 12.2 Å². The average Bonchev–Trinajstić information content (AvgIpc) is 2.99. The SMILES string of the molecule is CN1CCN(CCCNC(=S)Nc2ccc3nc4n(c(=O)c3c2)CCCCC4)CC1. The Balaban J connectivity index is 1.32. The number of likely N-dealkylation sites (N-methyl/N-ethyl adjacent to an activating group) is 1. The van der Waals surface area contributed by atoms with Crippen LogP contribution in [0.15, 0.2) is 23.0 Å². The summed E-state index contributed by atoms with van der Waals surface area (Å²) in [5.74, 6) is 0.920. The van der Waals surface area contributed by atoms with Crippen molar-refractivity contribution < 1.29 is 0 Å². The van der Waals surface area contributed by atoms with Crippen molar-refractivity contribution >= 4 is 33.9 Å². The molecule has 7 nitrogen and oxygen atoms in total. The number of nitrogens with zero attached hydrogens (tertiary/aromatic N) is 4. The van der Waals surface area contributed by atoms with Crippen molar-refractivity contribution in [3.05, 3.63) is 34.4 Å². The minimum atomic E-state index is 0.0617. The van der Waals surface area contributed by atoms with Crippen LogP contribution in [0.25, 0.3) is 10.9 Å². The van der Waals surface area contributed by atoms with E-state index in [1.807, 2.05) is 22.8 Å². The van der Waals surface area contributed by atoms with Gasteiger partial charge in [0.15, 0.2) is 5.11 Å². The van der Waals surface area contributed by atoms with Gasteiger partial charge in [0.05, 0.1) is 10.9 Å². The van der Waals surface area contributed by atoms with Crippen LogP contribution in [0.3, 0.4) is 0 Å². The van der Waals surface area contributed by atoms with Crippen molar-refractivity contribution in [3.63, 3.8) is 0 Å². The molecule has 2 aliphatic rings. The van der Waals surface area contributed by atoms with Gasteiger partial charge in [0.2, 0.25) is 0 Å². The predicted molar refractivity (Wildman–Crippen MR) is 126 cm³/mol. The number of anilines is 1. The maximum absolute atomic E-state index is 13.0. The van der Waals surface area contributed by atoms with E-state index in [9.17, 15) is 4.79 Å². The van der Waals surface area contributed by atoms with Crippen molar-refractivity contribution in [1.82, 2.24) is 24.7 Å². The molecule has 0 spiro atoms. The molecule has 0 radical (unpaired) electrons. The molecule has 2 N–H and O–H groups in total. The van der Waals surface area contributed by atoms with Crippen molar-refractivity contribution in [3.8, 4) is 0 Å². The Morgan fingerprint density at radius 2 is 1.97 bits per heavy atom. The maximum atomic E-state index is 13.0. The van der Waals surface area contributed by atoms with Gasteiger partial charge in [-0.15, -0.1) is 0 Å². The zero-order chi connectivity index (χ0) is 20.9. The van der Waals surface area contributed by atoms with Gasteiger partial charge in [-0.05, 0) is 63.3 Å². The van der Waals surface area contributed by atoms with E-state index in [-0.39, 0.29) is 5.56 Å². The van der Waals surface area contributed by atoms with Crippen LogP contribution in [-0.4, -0.2) is 70.8 Å². The Labute approximate surface area is 183 Å². The second-order valence-electron chi connectivity index (χ2n) is 8.41. The first-order chi connectivity index (χ1) is 14.6. The van der Waals surface area contributed by atoms with Gasteiger partial charge < -0.3 is 20.4 Å². The van der Waals surface area contributed by atoms with E-state index in [0.29, 0.717) is 10.5 Å². The molecule has 1 fully saturated rings. The number of aromatic nitrogens is 2. The molecular formula is C22H32N6OS. The van der Waals surface area contributed by atoms with Crippen LogP contribution in [0, 0.1) is 0 Å². The standard InChI is InChI=1S/C22H32N6OS/c1-26-12-14-27(15-13-26)10-5-9-23-22(30)24-17-7-8-19-18(16-17)21(29)28-11-4-2-3-6-20(28)25-19/h7-8,16H,2-6,9-15H2,1H3,(H2,23,24,30). The fourth-order valence-electron chi connectivity index (χ4n) is 4.25. The average molecular weight is 429 g/mol. The minimum absolute atomic E-state index is 0.0617. The Kier molecular flexibility index (Phi) is 6.97. The van der Waals surface area contributed by atoms with Crippen LogP contribution in [0.5, 0.6) is 0 Å². The second kappa shape index (κ2) is 9.85. The third-order valence-electron chi connectivity index (χ3n) is 6.11. The molecule has 2 aromatic rings. The predicted octanol–water partition coefficient (Wildman–Crippen LogP) is 2.05. The van der Waals surface area contributed by atoms with Gasteiger partial charge in [0.25, 0.3) is 5.56 Å². The summed E-state index contributed by atoms with van der Waals surface area (Å²) in [5.41, 5.74) is 1.66. The van der Waals surface area contributed by atoms with Crippen LogP contribution < -0.4 is 16.2 Å². The second-order valence-corrected chi connectivity index (χ2v) is 8.82. The molecule has 0 amide bonds. The Hall–Kier alpha value is -2.03. The monoisotopic (exact) mass is 428 g/mol. The van der Waals surface area contributed by atoms with Crippen LogP contribution in [0.1, 0.15) is 31.5 Å². The van der Waals surface area contributed by atoms with E-state index < -0.39 is 0 Å². The number of hydrogen-bond donors (Lipinski definition) is 2. The number of benzene rings is 1. The Morgan fingerprint density at radius 1 is 1.13 bits per heavy atom. The zero-order valence-electron chi connectivity index (χ0n) is 17.8. The van der Waals surface area contributed by atoms with Gasteiger partial charge in [0, 0.05) is 51.4 Å². The molecule has 2 aliphatic heterocycles. The van der Waals surface area contributed by atoms with E-state index in [1.54, 1.807) is 0 Å². The number of nitrogens with one attached hydrogen (secondary N) is 2. The van der Waals surface area contributed by atoms with E-state index in [1.165, 1.54) is 0 Å². The summed E-state index contributed by atoms with van der Waals surface area (Å²) >= 11 is 5.45. The fourth-order valence-corrected chi connectivity index (χ4v) is 4.47. The lowest BCUT2D eigenvalue weighted by molar-refractivity contribution is 0.153. The van der Waals surface area contributed by atoms with E-state index in [0.717, 1.165) is 94.9 Å². The highest BCUT2D eigenvalue weighted by Gasteiger charge is 2.15. The van der Waals surface area contributed by atoms with E-state index >= 15 is 0 Å². The molecule has 1 saturated heterocycles. The summed E-state index contributed by atoms with van der Waals surface area (Å²) in [6.45, 7) is 7.27. The number of fused-ring (bicyclic) bond motifs is 2. The van der Waals surface area contributed by atoms with Gasteiger partial charge in [-0.1, -0.05) is 6.42 Å². The largest absolute Gasteiger partial charge is 0.362 e. The lowest BCUT2D eigenvalue weighted by Crippen LogP contribution is -2.45. The Morgan fingerprint density at radius 3 is 2.80 bits per heavy atom. The highest BCUT2D eigenvalue weighted by Crippen LogP contribution is 2.18. The van der Waals surface area contributed by atoms with Crippen molar-refractivity contribution in [2.45, 2.75) is 38.6 Å². The van der Waals surface area contributed by atoms with Crippen LogP contribution in [0.2, 0.25) is 0 Å². The number of hydrogen-bond acceptors (Lipinski definition) is 5. The molecule has 0 bridgehead atoms. The molecule has 0 atom stereocenters. The quantitative estimate of drug-likeness (QED) is 0.558. The van der Waals surface area contributed by atoms with Gasteiger partial charge >= 0.3 is 0 Å². The van der Waals surface area contributed by atoms with Crippen LogP contribution in [0.4, 0.5) is 5.69 Å². The Bertz CT molecular complexity index is 951. The molecule has 1 aromatic carbocycles. The smallest absolute Gasteiger partial charge is 0.261 e. The van der Waals surface area contributed by atoms with Gasteiger partial charge in [-0.25, -0.2) is 4.98 Å². The maximum Gasteiger partial charge on any atom is 0.261 e. The fraction of sp³-hybridized carbons (Fsp3) is 0.591. The first-order valence-corrected chi connectivity index (χ1v) is 11.5. The van der Waals surface area contributed by atoms with Gasteiger partial charge in [0.1, 0.15) is 5.82 Å². The minimum Gasteiger partial charge on any atom is -0.362 e. The zero-order valence-corrected chi connectivity index (χ0v) is 18.6. The summed E-state index contributed by atoms with van der Waals surface area (Å²) in [5, 5.41) is 7.76. The first kappa shape index (κ1) is 21.2. The summed E-state index contributed by atoms with van der Waals surface area (Å²) < 4.78 is 1.86. The molecule has 0 unspecified atom stereocenters. The molecule has 162 valence electrons. The number of aryl methyl sites for hydroxylation is 1. The molecule has 30 heavy (non-hydrogen) atoms. The van der Waals surface area contributed by atoms with Gasteiger partial charge in [-0.3, -0.25) is 9.36 Å². The molecule has 1 aromatic heterocycles. The third kappa shape index (κ3) is 5.17. The summed E-state index contributed by atoms with van der Waals surface area (Å²) in [4.78, 5) is 22.6. The normalized spacial score (nSPS) is 18.0.